The molecule has 0 aromatic carbocycles. The van der Waals surface area contributed by atoms with Crippen molar-refractivity contribution in [2.75, 3.05) is 26.0 Å². The van der Waals surface area contributed by atoms with Crippen LogP contribution in [0.2, 0.25) is 18.1 Å². The third-order valence-corrected chi connectivity index (χ3v) is 9.00. The quantitative estimate of drug-likeness (QED) is 0.149. The van der Waals surface area contributed by atoms with Crippen LogP contribution in [0.5, 0.6) is 0 Å². The van der Waals surface area contributed by atoms with E-state index in [1.54, 1.807) is 0 Å². The fourth-order valence-electron chi connectivity index (χ4n) is 1.47. The second-order valence-corrected chi connectivity index (χ2v) is 13.5. The fraction of sp³-hybridized carbons (Fsp3) is 1.00. The molecule has 9 heteroatoms. The van der Waals surface area contributed by atoms with Crippen molar-refractivity contribution in [1.82, 2.24) is 0 Å². The van der Waals surface area contributed by atoms with E-state index >= 15 is 0 Å². The van der Waals surface area contributed by atoms with Gasteiger partial charge in [0.2, 0.25) is 0 Å². The molecule has 130 valence electrons. The van der Waals surface area contributed by atoms with Crippen LogP contribution in [0, 0.1) is 5.92 Å². The van der Waals surface area contributed by atoms with Gasteiger partial charge >= 0.3 is 0 Å². The average Bonchev–Trinajstić information content (AvgIpc) is 2.34. The molecule has 0 aliphatic rings. The molecular formula is C13H29N3O4SSi. The minimum absolute atomic E-state index is 0.0299. The van der Waals surface area contributed by atoms with Crippen molar-refractivity contribution in [2.24, 2.45) is 11.0 Å². The second kappa shape index (κ2) is 8.88. The number of nitrogens with zero attached hydrogens (tertiary/aromatic N) is 3. The summed E-state index contributed by atoms with van der Waals surface area (Å²) >= 11 is 0. The Labute approximate surface area is 135 Å². The van der Waals surface area contributed by atoms with Crippen LogP contribution in [0.1, 0.15) is 33.6 Å². The summed E-state index contributed by atoms with van der Waals surface area (Å²) in [6.45, 7) is 11.7. The number of hydrogen-bond acceptors (Lipinski definition) is 5. The molecule has 0 fully saturated rings. The minimum atomic E-state index is -3.46. The normalized spacial score (nSPS) is 14.5. The first-order valence-electron chi connectivity index (χ1n) is 7.38. The molecular weight excluding hydrogens is 322 g/mol. The molecule has 0 aromatic heterocycles. The van der Waals surface area contributed by atoms with Crippen molar-refractivity contribution >= 4 is 18.4 Å². The first kappa shape index (κ1) is 21.4. The Balaban J connectivity index is 4.60. The third-order valence-electron chi connectivity index (χ3n) is 3.94. The molecule has 0 aliphatic heterocycles. The van der Waals surface area contributed by atoms with Crippen LogP contribution < -0.4 is 0 Å². The molecule has 0 aliphatic carbocycles. The minimum Gasteiger partial charge on any atom is -0.416 e. The zero-order valence-corrected chi connectivity index (χ0v) is 16.3. The molecule has 0 amide bonds. The van der Waals surface area contributed by atoms with Gasteiger partial charge in [0.25, 0.3) is 10.1 Å². The van der Waals surface area contributed by atoms with Crippen LogP contribution in [0.3, 0.4) is 0 Å². The Hall–Kier alpha value is -0.603. The number of rotatable bonds is 10. The van der Waals surface area contributed by atoms with Gasteiger partial charge in [-0.1, -0.05) is 25.9 Å². The third kappa shape index (κ3) is 9.42. The smallest absolute Gasteiger partial charge is 0.264 e. The first-order valence-corrected chi connectivity index (χ1v) is 12.1. The highest BCUT2D eigenvalue weighted by Crippen LogP contribution is 2.36. The van der Waals surface area contributed by atoms with Gasteiger partial charge < -0.3 is 4.43 Å². The molecule has 0 spiro atoms. The summed E-state index contributed by atoms with van der Waals surface area (Å²) in [4.78, 5) is 2.71. The second-order valence-electron chi connectivity index (χ2n) is 7.02. The molecule has 0 heterocycles. The maximum absolute atomic E-state index is 11.2. The van der Waals surface area contributed by atoms with Crippen molar-refractivity contribution in [1.29, 1.82) is 0 Å². The Morgan fingerprint density at radius 2 is 1.86 bits per heavy atom. The Morgan fingerprint density at radius 1 is 1.27 bits per heavy atom. The van der Waals surface area contributed by atoms with E-state index in [-0.39, 0.29) is 17.6 Å². The molecule has 0 unspecified atom stereocenters. The van der Waals surface area contributed by atoms with Crippen LogP contribution >= 0.6 is 0 Å². The van der Waals surface area contributed by atoms with Gasteiger partial charge in [-0.15, -0.1) is 0 Å². The molecule has 0 saturated heterocycles. The van der Waals surface area contributed by atoms with E-state index in [1.165, 1.54) is 0 Å². The standard InChI is InChI=1S/C13H29N3O4SSi/c1-13(2,3)22(5,6)20-11-12(8-7-9-15-16-14)10-19-21(4,17)18/h12H,7-11H2,1-6H3/t12-/m0/s1. The summed E-state index contributed by atoms with van der Waals surface area (Å²) in [5, 5.41) is 3.59. The van der Waals surface area contributed by atoms with E-state index in [2.05, 4.69) is 43.9 Å². The lowest BCUT2D eigenvalue weighted by Gasteiger charge is -2.37. The molecule has 0 aromatic rings. The highest BCUT2D eigenvalue weighted by atomic mass is 32.2. The summed E-state index contributed by atoms with van der Waals surface area (Å²) in [6, 6.07) is 0. The van der Waals surface area contributed by atoms with Gasteiger partial charge in [0.05, 0.1) is 12.9 Å². The zero-order chi connectivity index (χ0) is 17.4. The van der Waals surface area contributed by atoms with Crippen molar-refractivity contribution < 1.29 is 17.0 Å². The Bertz CT molecular complexity index is 482. The van der Waals surface area contributed by atoms with Crippen LogP contribution in [-0.4, -0.2) is 42.7 Å². The highest BCUT2D eigenvalue weighted by molar-refractivity contribution is 7.85. The predicted molar refractivity (Wildman–Crippen MR) is 90.7 cm³/mol. The van der Waals surface area contributed by atoms with Crippen LogP contribution in [0.15, 0.2) is 5.11 Å². The topological polar surface area (TPSA) is 101 Å². The molecule has 0 bridgehead atoms. The van der Waals surface area contributed by atoms with Gasteiger partial charge in [-0.25, -0.2) is 0 Å². The predicted octanol–water partition coefficient (Wildman–Crippen LogP) is 3.69. The van der Waals surface area contributed by atoms with Crippen molar-refractivity contribution in [2.45, 2.75) is 51.7 Å². The molecule has 0 radical (unpaired) electrons. The van der Waals surface area contributed by atoms with Crippen LogP contribution in [-0.2, 0) is 18.7 Å². The lowest BCUT2D eigenvalue weighted by Crippen LogP contribution is -2.42. The van der Waals surface area contributed by atoms with E-state index in [4.69, 9.17) is 14.1 Å². The van der Waals surface area contributed by atoms with Gasteiger partial charge in [0.15, 0.2) is 8.32 Å². The Kier molecular flexibility index (Phi) is 8.64. The number of azide groups is 1. The molecule has 22 heavy (non-hydrogen) atoms. The van der Waals surface area contributed by atoms with E-state index in [0.717, 1.165) is 6.26 Å². The van der Waals surface area contributed by atoms with E-state index in [0.29, 0.717) is 26.0 Å². The monoisotopic (exact) mass is 351 g/mol. The first-order chi connectivity index (χ1) is 9.89. The molecule has 0 rings (SSSR count). The average molecular weight is 352 g/mol. The zero-order valence-electron chi connectivity index (χ0n) is 14.5. The number of hydrogen-bond donors (Lipinski definition) is 0. The summed E-state index contributed by atoms with van der Waals surface area (Å²) < 4.78 is 33.3. The van der Waals surface area contributed by atoms with Gasteiger partial charge in [-0.05, 0) is 36.5 Å². The maximum atomic E-state index is 11.2. The van der Waals surface area contributed by atoms with E-state index in [1.807, 2.05) is 0 Å². The van der Waals surface area contributed by atoms with Gasteiger partial charge in [-0.2, -0.15) is 8.42 Å². The summed E-state index contributed by atoms with van der Waals surface area (Å²) in [5.41, 5.74) is 8.28. The molecule has 0 N–H and O–H groups in total. The maximum Gasteiger partial charge on any atom is 0.264 e. The largest absolute Gasteiger partial charge is 0.416 e. The summed E-state index contributed by atoms with van der Waals surface area (Å²) in [7, 11) is -5.35. The van der Waals surface area contributed by atoms with Crippen LogP contribution in [0.4, 0.5) is 0 Å². The van der Waals surface area contributed by atoms with Gasteiger partial charge in [0.1, 0.15) is 0 Å². The Morgan fingerprint density at radius 3 is 2.32 bits per heavy atom. The van der Waals surface area contributed by atoms with E-state index in [9.17, 15) is 8.42 Å². The summed E-state index contributed by atoms with van der Waals surface area (Å²) in [6.07, 6.45) is 2.42. The van der Waals surface area contributed by atoms with Crippen LogP contribution in [0.25, 0.3) is 10.4 Å². The lowest BCUT2D eigenvalue weighted by atomic mass is 10.1. The van der Waals surface area contributed by atoms with Gasteiger partial charge in [0, 0.05) is 24.0 Å². The van der Waals surface area contributed by atoms with Crippen molar-refractivity contribution in [3.63, 3.8) is 0 Å². The molecule has 1 atom stereocenters. The van der Waals surface area contributed by atoms with Crippen molar-refractivity contribution in [3.8, 4) is 0 Å². The van der Waals surface area contributed by atoms with Crippen molar-refractivity contribution in [3.05, 3.63) is 10.4 Å². The van der Waals surface area contributed by atoms with E-state index < -0.39 is 18.4 Å². The lowest BCUT2D eigenvalue weighted by molar-refractivity contribution is 0.162. The molecule has 7 nitrogen and oxygen atoms in total. The fourth-order valence-corrected chi connectivity index (χ4v) is 3.00. The highest BCUT2D eigenvalue weighted by Gasteiger charge is 2.37. The van der Waals surface area contributed by atoms with Gasteiger partial charge in [-0.3, -0.25) is 4.18 Å². The molecule has 0 saturated carbocycles. The summed E-state index contributed by atoms with van der Waals surface area (Å²) in [5.74, 6) is -0.0299. The SMILES string of the molecule is CC(C)(C)[Si](C)(C)OC[C@@H](CCCN=[N+]=[N-])COS(C)(=O)=O.